The number of hydrogen-bond acceptors (Lipinski definition) is 3. The molecule has 3 rings (SSSR count). The van der Waals surface area contributed by atoms with Crippen LogP contribution in [0.4, 0.5) is 0 Å². The van der Waals surface area contributed by atoms with Gasteiger partial charge in [0.15, 0.2) is 5.76 Å². The lowest BCUT2D eigenvalue weighted by Crippen LogP contribution is -2.30. The summed E-state index contributed by atoms with van der Waals surface area (Å²) in [6.45, 7) is 2.57. The zero-order chi connectivity index (χ0) is 18.5. The third-order valence-electron chi connectivity index (χ3n) is 4.07. The van der Waals surface area contributed by atoms with Gasteiger partial charge in [-0.1, -0.05) is 46.3 Å². The monoisotopic (exact) mass is 414 g/mol. The fourth-order valence-electron chi connectivity index (χ4n) is 2.66. The van der Waals surface area contributed by atoms with Crippen LogP contribution in [0.25, 0.3) is 11.0 Å². The minimum atomic E-state index is -0.314. The lowest BCUT2D eigenvalue weighted by Gasteiger charge is -2.06. The van der Waals surface area contributed by atoms with Crippen LogP contribution in [0.3, 0.4) is 0 Å². The van der Waals surface area contributed by atoms with Crippen molar-refractivity contribution in [3.8, 4) is 0 Å². The lowest BCUT2D eigenvalue weighted by atomic mass is 10.1. The van der Waals surface area contributed by atoms with Crippen LogP contribution in [0.15, 0.2) is 57.4 Å². The van der Waals surface area contributed by atoms with Crippen LogP contribution in [0.5, 0.6) is 0 Å². The zero-order valence-electron chi connectivity index (χ0n) is 14.3. The first-order valence-electron chi connectivity index (χ1n) is 8.32. The predicted molar refractivity (Wildman–Crippen MR) is 104 cm³/mol. The van der Waals surface area contributed by atoms with E-state index in [4.69, 9.17) is 4.42 Å². The number of fused-ring (bicyclic) bond motifs is 1. The van der Waals surface area contributed by atoms with E-state index in [2.05, 4.69) is 26.6 Å². The maximum absolute atomic E-state index is 12.3. The van der Waals surface area contributed by atoms with E-state index >= 15 is 0 Å². The Hall–Kier alpha value is -2.60. The Morgan fingerprint density at radius 1 is 1.08 bits per heavy atom. The van der Waals surface area contributed by atoms with Crippen LogP contribution in [-0.4, -0.2) is 18.4 Å². The van der Waals surface area contributed by atoms with Crippen molar-refractivity contribution in [3.63, 3.8) is 0 Å². The van der Waals surface area contributed by atoms with Crippen molar-refractivity contribution in [1.29, 1.82) is 0 Å². The first-order chi connectivity index (χ1) is 12.5. The number of aryl methyl sites for hydroxylation is 1. The Labute approximate surface area is 159 Å². The summed E-state index contributed by atoms with van der Waals surface area (Å²) in [6, 6.07) is 15.3. The quantitative estimate of drug-likeness (QED) is 0.641. The first kappa shape index (κ1) is 18.2. The summed E-state index contributed by atoms with van der Waals surface area (Å²) in [4.78, 5) is 24.2. The van der Waals surface area contributed by atoms with E-state index in [-0.39, 0.29) is 30.5 Å². The van der Waals surface area contributed by atoms with Gasteiger partial charge < -0.3 is 15.1 Å². The van der Waals surface area contributed by atoms with E-state index in [9.17, 15) is 9.59 Å². The smallest absolute Gasteiger partial charge is 0.287 e. The maximum atomic E-state index is 12.3. The topological polar surface area (TPSA) is 71.3 Å². The van der Waals surface area contributed by atoms with Crippen molar-refractivity contribution in [2.45, 2.75) is 19.9 Å². The molecule has 3 aromatic rings. The van der Waals surface area contributed by atoms with Gasteiger partial charge in [0.1, 0.15) is 5.58 Å². The molecule has 0 unspecified atom stereocenters. The molecule has 0 aliphatic rings. The summed E-state index contributed by atoms with van der Waals surface area (Å²) >= 11 is 3.42. The molecule has 1 heterocycles. The highest BCUT2D eigenvalue weighted by atomic mass is 79.9. The van der Waals surface area contributed by atoms with Gasteiger partial charge in [-0.15, -0.1) is 0 Å². The average Bonchev–Trinajstić information content (AvgIpc) is 2.97. The average molecular weight is 415 g/mol. The van der Waals surface area contributed by atoms with Crippen LogP contribution in [-0.2, 0) is 11.3 Å². The van der Waals surface area contributed by atoms with Crippen molar-refractivity contribution >= 4 is 38.7 Å². The van der Waals surface area contributed by atoms with Crippen LogP contribution in [0.2, 0.25) is 0 Å². The van der Waals surface area contributed by atoms with E-state index in [1.54, 1.807) is 0 Å². The number of rotatable bonds is 6. The molecule has 0 saturated carbocycles. The van der Waals surface area contributed by atoms with Crippen molar-refractivity contribution in [3.05, 3.63) is 69.9 Å². The Morgan fingerprint density at radius 3 is 2.62 bits per heavy atom. The van der Waals surface area contributed by atoms with Crippen molar-refractivity contribution in [2.24, 2.45) is 0 Å². The largest absolute Gasteiger partial charge is 0.451 e. The highest BCUT2D eigenvalue weighted by Crippen LogP contribution is 2.27. The zero-order valence-corrected chi connectivity index (χ0v) is 15.9. The number of hydrogen-bond donors (Lipinski definition) is 2. The number of carbonyl (C=O) groups is 2. The molecule has 134 valence electrons. The molecular formula is C20H19BrN2O3. The van der Waals surface area contributed by atoms with Crippen LogP contribution in [0, 0.1) is 6.92 Å². The van der Waals surface area contributed by atoms with E-state index < -0.39 is 0 Å². The van der Waals surface area contributed by atoms with Crippen LogP contribution in [0.1, 0.15) is 28.1 Å². The molecule has 6 heteroatoms. The van der Waals surface area contributed by atoms with Crippen LogP contribution >= 0.6 is 15.9 Å². The molecule has 2 N–H and O–H groups in total. The highest BCUT2D eigenvalue weighted by molar-refractivity contribution is 9.10. The van der Waals surface area contributed by atoms with E-state index in [1.807, 2.05) is 55.5 Å². The summed E-state index contributed by atoms with van der Waals surface area (Å²) in [5.74, 6) is -0.145. The molecule has 0 radical (unpaired) electrons. The van der Waals surface area contributed by atoms with Gasteiger partial charge >= 0.3 is 0 Å². The Balaban J connectivity index is 1.51. The molecule has 0 bridgehead atoms. The number of benzene rings is 2. The summed E-state index contributed by atoms with van der Waals surface area (Å²) in [5, 5.41) is 6.47. The molecule has 26 heavy (non-hydrogen) atoms. The fourth-order valence-corrected chi connectivity index (χ4v) is 3.03. The number of nitrogens with one attached hydrogen (secondary N) is 2. The van der Waals surface area contributed by atoms with Gasteiger partial charge in [-0.3, -0.25) is 9.59 Å². The van der Waals surface area contributed by atoms with Gasteiger partial charge in [-0.2, -0.15) is 0 Å². The molecule has 2 amide bonds. The van der Waals surface area contributed by atoms with Crippen molar-refractivity contribution in [2.75, 3.05) is 6.54 Å². The molecule has 0 atom stereocenters. The molecule has 5 nitrogen and oxygen atoms in total. The summed E-state index contributed by atoms with van der Waals surface area (Å²) < 4.78 is 6.57. The number of halogens is 1. The fraction of sp³-hybridized carbons (Fsp3) is 0.200. The van der Waals surface area contributed by atoms with Gasteiger partial charge in [0.25, 0.3) is 5.91 Å². The molecule has 0 saturated heterocycles. The van der Waals surface area contributed by atoms with Gasteiger partial charge in [0, 0.05) is 34.9 Å². The SMILES string of the molecule is Cc1c(C(=O)NCCC(=O)NCc2ccccc2)oc2ccc(Br)cc12. The number of carbonyl (C=O) groups excluding carboxylic acids is 2. The van der Waals surface area contributed by atoms with Gasteiger partial charge in [-0.05, 0) is 30.7 Å². The third-order valence-corrected chi connectivity index (χ3v) is 4.57. The number of furan rings is 1. The number of amides is 2. The minimum absolute atomic E-state index is 0.112. The molecule has 2 aromatic carbocycles. The third kappa shape index (κ3) is 4.32. The normalized spacial score (nSPS) is 10.7. The molecule has 0 spiro atoms. The van der Waals surface area contributed by atoms with Gasteiger partial charge in [0.05, 0.1) is 0 Å². The highest BCUT2D eigenvalue weighted by Gasteiger charge is 2.17. The Bertz CT molecular complexity index is 935. The van der Waals surface area contributed by atoms with Crippen molar-refractivity contribution < 1.29 is 14.0 Å². The van der Waals surface area contributed by atoms with E-state index in [0.29, 0.717) is 12.1 Å². The minimum Gasteiger partial charge on any atom is -0.451 e. The standard InChI is InChI=1S/C20H19BrN2O3/c1-13-16-11-15(21)7-8-17(16)26-19(13)20(25)22-10-9-18(24)23-12-14-5-3-2-4-6-14/h2-8,11H,9-10,12H2,1H3,(H,22,25)(H,23,24). The van der Waals surface area contributed by atoms with Gasteiger partial charge in [0.2, 0.25) is 5.91 Å². The summed E-state index contributed by atoms with van der Waals surface area (Å²) in [7, 11) is 0. The van der Waals surface area contributed by atoms with Crippen molar-refractivity contribution in [1.82, 2.24) is 10.6 Å². The molecular weight excluding hydrogens is 396 g/mol. The Morgan fingerprint density at radius 2 is 1.85 bits per heavy atom. The lowest BCUT2D eigenvalue weighted by molar-refractivity contribution is -0.121. The predicted octanol–water partition coefficient (Wildman–Crippen LogP) is 3.94. The maximum Gasteiger partial charge on any atom is 0.287 e. The Kier molecular flexibility index (Phi) is 5.73. The second kappa shape index (κ2) is 8.19. The molecule has 0 fully saturated rings. The second-order valence-electron chi connectivity index (χ2n) is 5.96. The van der Waals surface area contributed by atoms with Crippen LogP contribution < -0.4 is 10.6 Å². The second-order valence-corrected chi connectivity index (χ2v) is 6.88. The molecule has 0 aliphatic carbocycles. The summed E-state index contributed by atoms with van der Waals surface area (Å²) in [6.07, 6.45) is 0.212. The molecule has 0 aliphatic heterocycles. The first-order valence-corrected chi connectivity index (χ1v) is 9.11. The van der Waals surface area contributed by atoms with E-state index in [0.717, 1.165) is 21.0 Å². The molecule has 1 aromatic heterocycles. The van der Waals surface area contributed by atoms with Gasteiger partial charge in [-0.25, -0.2) is 0 Å². The van der Waals surface area contributed by atoms with E-state index in [1.165, 1.54) is 0 Å². The summed E-state index contributed by atoms with van der Waals surface area (Å²) in [5.41, 5.74) is 2.48.